The molecule has 0 bridgehead atoms. The van der Waals surface area contributed by atoms with E-state index < -0.39 is 12.1 Å². The minimum atomic E-state index is -0.946. The average molecular weight is 298 g/mol. The number of carboxylic acid groups (broad SMARTS) is 1. The number of aliphatic hydroxyl groups excluding tert-OH is 1. The van der Waals surface area contributed by atoms with Gasteiger partial charge in [-0.2, -0.15) is 11.3 Å². The molecule has 2 N–H and O–H groups in total. The Morgan fingerprint density at radius 1 is 1.45 bits per heavy atom. The normalized spacial score (nSPS) is 22.5. The number of aryl methyl sites for hydroxylation is 1. The van der Waals surface area contributed by atoms with Gasteiger partial charge >= 0.3 is 5.97 Å². The summed E-state index contributed by atoms with van der Waals surface area (Å²) in [5.41, 5.74) is 1.58. The third kappa shape index (κ3) is 3.00. The van der Waals surface area contributed by atoms with Crippen LogP contribution in [0.4, 0.5) is 0 Å². The zero-order valence-corrected chi connectivity index (χ0v) is 12.3. The van der Waals surface area contributed by atoms with Crippen LogP contribution in [0.15, 0.2) is 10.8 Å². The molecule has 1 fully saturated rings. The van der Waals surface area contributed by atoms with Gasteiger partial charge in [-0.25, -0.2) is 0 Å². The maximum Gasteiger partial charge on any atom is 0.317 e. The molecule has 0 aromatic carbocycles. The largest absolute Gasteiger partial charge is 0.480 e. The Hall–Kier alpha value is -1.44. The van der Waals surface area contributed by atoms with Crippen LogP contribution in [0.25, 0.3) is 0 Å². The van der Waals surface area contributed by atoms with Crippen molar-refractivity contribution in [1.82, 2.24) is 9.80 Å². The van der Waals surface area contributed by atoms with Crippen molar-refractivity contribution in [2.75, 3.05) is 26.7 Å². The molecule has 7 heteroatoms. The zero-order chi connectivity index (χ0) is 14.9. The summed E-state index contributed by atoms with van der Waals surface area (Å²) in [5.74, 6) is -1.05. The molecule has 0 radical (unpaired) electrons. The van der Waals surface area contributed by atoms with Gasteiger partial charge in [-0.15, -0.1) is 0 Å². The van der Waals surface area contributed by atoms with Crippen molar-refractivity contribution in [3.8, 4) is 0 Å². The van der Waals surface area contributed by atoms with E-state index in [1.54, 1.807) is 22.2 Å². The molecule has 1 aromatic rings. The molecular formula is C13H18N2O4S. The summed E-state index contributed by atoms with van der Waals surface area (Å²) in [5, 5.41) is 22.5. The molecule has 0 saturated carbocycles. The molecule has 0 spiro atoms. The van der Waals surface area contributed by atoms with Crippen molar-refractivity contribution in [3.63, 3.8) is 0 Å². The second kappa shape index (κ2) is 5.90. The van der Waals surface area contributed by atoms with Crippen LogP contribution in [0.2, 0.25) is 0 Å². The van der Waals surface area contributed by atoms with Gasteiger partial charge in [0.2, 0.25) is 0 Å². The van der Waals surface area contributed by atoms with Gasteiger partial charge in [0.15, 0.2) is 0 Å². The lowest BCUT2D eigenvalue weighted by Crippen LogP contribution is -2.43. The maximum absolute atomic E-state index is 12.4. The van der Waals surface area contributed by atoms with Gasteiger partial charge in [0, 0.05) is 18.5 Å². The Kier molecular flexibility index (Phi) is 4.42. The quantitative estimate of drug-likeness (QED) is 0.833. The Morgan fingerprint density at radius 2 is 2.15 bits per heavy atom. The topological polar surface area (TPSA) is 81.1 Å². The summed E-state index contributed by atoms with van der Waals surface area (Å²) >= 11 is 1.47. The Bertz CT molecular complexity index is 516. The van der Waals surface area contributed by atoms with Crippen LogP contribution in [0.5, 0.6) is 0 Å². The first-order valence-corrected chi connectivity index (χ1v) is 7.26. The fourth-order valence-corrected chi connectivity index (χ4v) is 3.27. The van der Waals surface area contributed by atoms with E-state index in [4.69, 9.17) is 5.11 Å². The second-order valence-corrected chi connectivity index (χ2v) is 5.87. The Labute approximate surface area is 121 Å². The minimum absolute atomic E-state index is 0.103. The summed E-state index contributed by atoms with van der Waals surface area (Å²) < 4.78 is 0. The number of β-amino-alcohol motifs (C(OH)–C–C–N with tert-alkyl or cyclic N) is 1. The molecule has 1 amide bonds. The van der Waals surface area contributed by atoms with Gasteiger partial charge in [-0.1, -0.05) is 0 Å². The van der Waals surface area contributed by atoms with E-state index >= 15 is 0 Å². The van der Waals surface area contributed by atoms with Crippen LogP contribution >= 0.6 is 11.3 Å². The summed E-state index contributed by atoms with van der Waals surface area (Å²) in [4.78, 5) is 26.2. The number of nitrogens with zero attached hydrogens (tertiary/aromatic N) is 2. The third-order valence-corrected chi connectivity index (χ3v) is 4.44. The molecule has 110 valence electrons. The molecule has 2 heterocycles. The van der Waals surface area contributed by atoms with Crippen molar-refractivity contribution in [2.24, 2.45) is 0 Å². The van der Waals surface area contributed by atoms with Gasteiger partial charge in [0.05, 0.1) is 24.3 Å². The number of likely N-dealkylation sites (N-methyl/N-ethyl adjacent to an activating group) is 1. The molecule has 1 aromatic heterocycles. The second-order valence-electron chi connectivity index (χ2n) is 5.12. The predicted molar refractivity (Wildman–Crippen MR) is 75.0 cm³/mol. The van der Waals surface area contributed by atoms with Gasteiger partial charge < -0.3 is 15.1 Å². The molecule has 2 rings (SSSR count). The van der Waals surface area contributed by atoms with Crippen LogP contribution < -0.4 is 0 Å². The number of hydrogen-bond acceptors (Lipinski definition) is 5. The van der Waals surface area contributed by atoms with Crippen molar-refractivity contribution >= 4 is 23.2 Å². The number of aliphatic hydroxyl groups is 1. The number of carbonyl (C=O) groups is 2. The van der Waals surface area contributed by atoms with Gasteiger partial charge in [-0.05, 0) is 24.9 Å². The Morgan fingerprint density at radius 3 is 2.70 bits per heavy atom. The van der Waals surface area contributed by atoms with Crippen LogP contribution in [-0.4, -0.2) is 70.7 Å². The summed E-state index contributed by atoms with van der Waals surface area (Å²) in [6.07, 6.45) is -0.720. The average Bonchev–Trinajstić information content (AvgIpc) is 2.93. The van der Waals surface area contributed by atoms with E-state index in [1.807, 2.05) is 12.3 Å². The Balaban J connectivity index is 2.05. The molecular weight excluding hydrogens is 280 g/mol. The molecule has 2 atom stereocenters. The molecule has 1 aliphatic heterocycles. The van der Waals surface area contributed by atoms with Crippen molar-refractivity contribution in [2.45, 2.75) is 19.1 Å². The molecule has 1 saturated heterocycles. The summed E-state index contributed by atoms with van der Waals surface area (Å²) in [7, 11) is 1.64. The smallest absolute Gasteiger partial charge is 0.317 e. The van der Waals surface area contributed by atoms with Crippen molar-refractivity contribution < 1.29 is 19.8 Å². The number of carbonyl (C=O) groups excluding carboxylic acids is 1. The number of aliphatic carboxylic acids is 1. The first kappa shape index (κ1) is 15.0. The van der Waals surface area contributed by atoms with E-state index in [2.05, 4.69) is 0 Å². The van der Waals surface area contributed by atoms with Crippen LogP contribution in [0, 0.1) is 6.92 Å². The number of likely N-dealkylation sites (tertiary alicyclic amines) is 1. The molecule has 6 nitrogen and oxygen atoms in total. The number of amides is 1. The van der Waals surface area contributed by atoms with Crippen molar-refractivity contribution in [1.29, 1.82) is 0 Å². The highest BCUT2D eigenvalue weighted by molar-refractivity contribution is 7.08. The fraction of sp³-hybridized carbons (Fsp3) is 0.538. The van der Waals surface area contributed by atoms with Crippen LogP contribution in [0.1, 0.15) is 15.9 Å². The van der Waals surface area contributed by atoms with Crippen molar-refractivity contribution in [3.05, 3.63) is 21.9 Å². The first-order chi connectivity index (χ1) is 9.40. The highest BCUT2D eigenvalue weighted by Crippen LogP contribution is 2.21. The van der Waals surface area contributed by atoms with Crippen LogP contribution in [-0.2, 0) is 4.79 Å². The number of carboxylic acids is 1. The highest BCUT2D eigenvalue weighted by atomic mass is 32.1. The first-order valence-electron chi connectivity index (χ1n) is 6.32. The minimum Gasteiger partial charge on any atom is -0.480 e. The fourth-order valence-electron chi connectivity index (χ4n) is 2.45. The standard InChI is InChI=1S/C13H18N2O4S/c1-8-6-20-7-9(8)13(19)15-3-10(11(16)4-15)14(2)5-12(17)18/h6-7,10-11,16H,3-5H2,1-2H3,(H,17,18)/t10-,11+/m0/s1. The monoisotopic (exact) mass is 298 g/mol. The lowest BCUT2D eigenvalue weighted by atomic mass is 10.2. The molecule has 20 heavy (non-hydrogen) atoms. The number of hydrogen-bond donors (Lipinski definition) is 2. The van der Waals surface area contributed by atoms with Gasteiger partial charge in [-0.3, -0.25) is 14.5 Å². The highest BCUT2D eigenvalue weighted by Gasteiger charge is 2.37. The van der Waals surface area contributed by atoms with Crippen LogP contribution in [0.3, 0.4) is 0 Å². The SMILES string of the molecule is Cc1cscc1C(=O)N1C[C@@H](O)[C@@H](N(C)CC(=O)O)C1. The van der Waals surface area contributed by atoms with E-state index in [0.717, 1.165) is 5.56 Å². The number of rotatable bonds is 4. The summed E-state index contributed by atoms with van der Waals surface area (Å²) in [6, 6.07) is -0.339. The summed E-state index contributed by atoms with van der Waals surface area (Å²) in [6.45, 7) is 2.31. The van der Waals surface area contributed by atoms with E-state index in [9.17, 15) is 14.7 Å². The molecule has 0 unspecified atom stereocenters. The maximum atomic E-state index is 12.4. The van der Waals surface area contributed by atoms with Gasteiger partial charge in [0.25, 0.3) is 5.91 Å². The van der Waals surface area contributed by atoms with E-state index in [0.29, 0.717) is 12.1 Å². The van der Waals surface area contributed by atoms with E-state index in [-0.39, 0.29) is 25.0 Å². The lowest BCUT2D eigenvalue weighted by Gasteiger charge is -2.24. The molecule has 0 aliphatic carbocycles. The molecule has 1 aliphatic rings. The van der Waals surface area contributed by atoms with E-state index in [1.165, 1.54) is 11.3 Å². The predicted octanol–water partition coefficient (Wildman–Crippen LogP) is 0.258. The zero-order valence-electron chi connectivity index (χ0n) is 11.4. The third-order valence-electron chi connectivity index (χ3n) is 3.58. The number of thiophene rings is 1. The van der Waals surface area contributed by atoms with Gasteiger partial charge in [0.1, 0.15) is 0 Å². The lowest BCUT2D eigenvalue weighted by molar-refractivity contribution is -0.138.